The number of hydrogen-bond donors (Lipinski definition) is 0. The molecule has 100 valence electrons. The molecule has 0 N–H and O–H groups in total. The largest absolute Gasteiger partial charge is 0.292 e. The van der Waals surface area contributed by atoms with E-state index in [1.165, 1.54) is 6.07 Å². The lowest BCUT2D eigenvalue weighted by atomic mass is 9.91. The van der Waals surface area contributed by atoms with Crippen LogP contribution in [0.1, 0.15) is 38.1 Å². The fraction of sp³-hybridized carbons (Fsp3) is 0.500. The molecule has 0 spiro atoms. The van der Waals surface area contributed by atoms with Crippen molar-refractivity contribution in [2.45, 2.75) is 33.2 Å². The van der Waals surface area contributed by atoms with E-state index in [9.17, 15) is 13.6 Å². The monoisotopic (exact) mass is 255 g/mol. The molecular weight excluding hydrogens is 236 g/mol. The van der Waals surface area contributed by atoms with Crippen LogP contribution in [0.4, 0.5) is 8.78 Å². The van der Waals surface area contributed by atoms with Crippen molar-refractivity contribution in [1.29, 1.82) is 0 Å². The van der Waals surface area contributed by atoms with Crippen molar-refractivity contribution in [3.63, 3.8) is 0 Å². The molecular formula is C14H19F2NO. The maximum absolute atomic E-state index is 13.6. The fourth-order valence-corrected chi connectivity index (χ4v) is 2.16. The first-order chi connectivity index (χ1) is 8.34. The Morgan fingerprint density at radius 2 is 1.78 bits per heavy atom. The van der Waals surface area contributed by atoms with E-state index in [1.54, 1.807) is 13.8 Å². The van der Waals surface area contributed by atoms with Crippen LogP contribution in [0.25, 0.3) is 0 Å². The molecule has 0 atom stereocenters. The minimum absolute atomic E-state index is 0.0618. The number of carbonyl (C=O) groups excluding carboxylic acids is 1. The molecule has 0 unspecified atom stereocenters. The van der Waals surface area contributed by atoms with E-state index in [0.29, 0.717) is 13.1 Å². The second kappa shape index (κ2) is 5.57. The Hall–Kier alpha value is -1.29. The van der Waals surface area contributed by atoms with Gasteiger partial charge in [-0.3, -0.25) is 9.69 Å². The number of carbonyl (C=O) groups is 1. The Balaban J connectivity index is 3.13. The zero-order valence-electron chi connectivity index (χ0n) is 11.3. The Labute approximate surface area is 107 Å². The highest BCUT2D eigenvalue weighted by Crippen LogP contribution is 2.22. The van der Waals surface area contributed by atoms with Crippen LogP contribution in [0.5, 0.6) is 0 Å². The number of hydrogen-bond acceptors (Lipinski definition) is 2. The van der Waals surface area contributed by atoms with Gasteiger partial charge in [-0.1, -0.05) is 13.8 Å². The molecule has 18 heavy (non-hydrogen) atoms. The van der Waals surface area contributed by atoms with Crippen molar-refractivity contribution < 1.29 is 13.6 Å². The van der Waals surface area contributed by atoms with Gasteiger partial charge in [-0.2, -0.15) is 0 Å². The van der Waals surface area contributed by atoms with Crippen LogP contribution in [0, 0.1) is 11.6 Å². The van der Waals surface area contributed by atoms with Crippen molar-refractivity contribution in [3.05, 3.63) is 35.4 Å². The third kappa shape index (κ3) is 2.75. The van der Waals surface area contributed by atoms with Gasteiger partial charge < -0.3 is 0 Å². The summed E-state index contributed by atoms with van der Waals surface area (Å²) in [5, 5.41) is 0. The van der Waals surface area contributed by atoms with Gasteiger partial charge in [-0.25, -0.2) is 8.78 Å². The van der Waals surface area contributed by atoms with E-state index in [-0.39, 0.29) is 11.3 Å². The molecule has 0 bridgehead atoms. The molecule has 0 aliphatic rings. The van der Waals surface area contributed by atoms with Crippen molar-refractivity contribution in [2.75, 3.05) is 13.1 Å². The van der Waals surface area contributed by atoms with Crippen molar-refractivity contribution in [2.24, 2.45) is 0 Å². The molecule has 0 saturated heterocycles. The molecule has 0 amide bonds. The fourth-order valence-electron chi connectivity index (χ4n) is 2.16. The summed E-state index contributed by atoms with van der Waals surface area (Å²) in [6, 6.07) is 3.05. The van der Waals surface area contributed by atoms with E-state index < -0.39 is 17.2 Å². The first-order valence-electron chi connectivity index (χ1n) is 6.09. The van der Waals surface area contributed by atoms with Crippen molar-refractivity contribution in [3.8, 4) is 0 Å². The Bertz CT molecular complexity index is 439. The summed E-state index contributed by atoms with van der Waals surface area (Å²) in [4.78, 5) is 14.3. The molecule has 1 aromatic carbocycles. The molecule has 0 heterocycles. The first-order valence-corrected chi connectivity index (χ1v) is 6.09. The smallest absolute Gasteiger partial charge is 0.185 e. The lowest BCUT2D eigenvalue weighted by Gasteiger charge is -2.35. The van der Waals surface area contributed by atoms with Gasteiger partial charge in [0.2, 0.25) is 0 Å². The zero-order chi connectivity index (χ0) is 13.9. The van der Waals surface area contributed by atoms with E-state index >= 15 is 0 Å². The van der Waals surface area contributed by atoms with Crippen molar-refractivity contribution >= 4 is 5.78 Å². The number of Topliss-reactive ketones (excluding diaryl/α,β-unsaturated/α-hetero) is 1. The van der Waals surface area contributed by atoms with Crippen LogP contribution in [-0.2, 0) is 0 Å². The average Bonchev–Trinajstić information content (AvgIpc) is 2.29. The molecule has 4 heteroatoms. The summed E-state index contributed by atoms with van der Waals surface area (Å²) in [6.45, 7) is 8.78. The highest BCUT2D eigenvalue weighted by molar-refractivity contribution is 6.02. The zero-order valence-corrected chi connectivity index (χ0v) is 11.3. The van der Waals surface area contributed by atoms with Crippen LogP contribution in [0.2, 0.25) is 0 Å². The van der Waals surface area contributed by atoms with E-state index in [2.05, 4.69) is 0 Å². The van der Waals surface area contributed by atoms with E-state index in [0.717, 1.165) is 12.1 Å². The molecule has 0 aromatic heterocycles. The molecule has 1 rings (SSSR count). The van der Waals surface area contributed by atoms with Crippen LogP contribution in [0.15, 0.2) is 18.2 Å². The predicted molar refractivity (Wildman–Crippen MR) is 67.7 cm³/mol. The highest BCUT2D eigenvalue weighted by Gasteiger charge is 2.34. The third-order valence-corrected chi connectivity index (χ3v) is 3.29. The second-order valence-corrected chi connectivity index (χ2v) is 4.68. The maximum Gasteiger partial charge on any atom is 0.185 e. The number of nitrogens with zero attached hydrogens (tertiary/aromatic N) is 1. The molecule has 1 aromatic rings. The second-order valence-electron chi connectivity index (χ2n) is 4.68. The summed E-state index contributed by atoms with van der Waals surface area (Å²) < 4.78 is 26.5. The van der Waals surface area contributed by atoms with Gasteiger partial charge in [0.1, 0.15) is 11.6 Å². The maximum atomic E-state index is 13.6. The number of rotatable bonds is 5. The summed E-state index contributed by atoms with van der Waals surface area (Å²) in [5.41, 5.74) is -0.865. The molecule has 0 fully saturated rings. The Morgan fingerprint density at radius 3 is 2.22 bits per heavy atom. The van der Waals surface area contributed by atoms with Crippen LogP contribution in [0.3, 0.4) is 0 Å². The Kier molecular flexibility index (Phi) is 4.57. The molecule has 0 radical (unpaired) electrons. The standard InChI is InChI=1S/C14H19F2NO/c1-5-17(6-2)14(3,4)13(18)11-8-7-10(15)9-12(11)16/h7-9H,5-6H2,1-4H3. The predicted octanol–water partition coefficient (Wildman–Crippen LogP) is 3.27. The molecule has 0 aliphatic heterocycles. The number of benzene rings is 1. The normalized spacial score (nSPS) is 11.9. The van der Waals surface area contributed by atoms with Crippen LogP contribution < -0.4 is 0 Å². The van der Waals surface area contributed by atoms with Gasteiger partial charge in [0.25, 0.3) is 0 Å². The third-order valence-electron chi connectivity index (χ3n) is 3.29. The summed E-state index contributed by atoms with van der Waals surface area (Å²) in [7, 11) is 0. The Morgan fingerprint density at radius 1 is 1.22 bits per heavy atom. The summed E-state index contributed by atoms with van der Waals surface area (Å²) in [5.74, 6) is -1.81. The number of likely N-dealkylation sites (N-methyl/N-ethyl adjacent to an activating group) is 1. The van der Waals surface area contributed by atoms with Gasteiger partial charge >= 0.3 is 0 Å². The number of ketones is 1. The lowest BCUT2D eigenvalue weighted by molar-refractivity contribution is 0.0664. The minimum atomic E-state index is -0.805. The molecule has 0 aliphatic carbocycles. The van der Waals surface area contributed by atoms with Gasteiger partial charge in [0, 0.05) is 6.07 Å². The number of halogens is 2. The van der Waals surface area contributed by atoms with E-state index in [1.807, 2.05) is 18.7 Å². The van der Waals surface area contributed by atoms with Crippen molar-refractivity contribution in [1.82, 2.24) is 4.90 Å². The van der Waals surface area contributed by atoms with Crippen LogP contribution >= 0.6 is 0 Å². The van der Waals surface area contributed by atoms with E-state index in [4.69, 9.17) is 0 Å². The van der Waals surface area contributed by atoms with Crippen LogP contribution in [-0.4, -0.2) is 29.3 Å². The topological polar surface area (TPSA) is 20.3 Å². The first kappa shape index (κ1) is 14.8. The van der Waals surface area contributed by atoms with Gasteiger partial charge in [-0.05, 0) is 39.1 Å². The quantitative estimate of drug-likeness (QED) is 0.753. The lowest BCUT2D eigenvalue weighted by Crippen LogP contribution is -2.50. The van der Waals surface area contributed by atoms with Gasteiger partial charge in [0.05, 0.1) is 11.1 Å². The average molecular weight is 255 g/mol. The van der Waals surface area contributed by atoms with Gasteiger partial charge in [-0.15, -0.1) is 0 Å². The SMILES string of the molecule is CCN(CC)C(C)(C)C(=O)c1ccc(F)cc1F. The summed E-state index contributed by atoms with van der Waals surface area (Å²) >= 11 is 0. The molecule has 2 nitrogen and oxygen atoms in total. The summed E-state index contributed by atoms with van der Waals surface area (Å²) in [6.07, 6.45) is 0. The minimum Gasteiger partial charge on any atom is -0.292 e. The highest BCUT2D eigenvalue weighted by atomic mass is 19.1. The molecule has 0 saturated carbocycles. The van der Waals surface area contributed by atoms with Gasteiger partial charge in [0.15, 0.2) is 5.78 Å².